The number of piperazine rings is 1. The van der Waals surface area contributed by atoms with Crippen LogP contribution >= 0.6 is 27.3 Å². The predicted octanol–water partition coefficient (Wildman–Crippen LogP) is 2.70. The number of carbonyl (C=O) groups excluding carboxylic acids is 2. The number of carbonyl (C=O) groups is 2. The lowest BCUT2D eigenvalue weighted by Gasteiger charge is -2.34. The molecule has 7 heteroatoms. The van der Waals surface area contributed by atoms with Gasteiger partial charge in [-0.15, -0.1) is 11.3 Å². The largest absolute Gasteiger partial charge is 0.457 e. The molecule has 0 aromatic carbocycles. The summed E-state index contributed by atoms with van der Waals surface area (Å²) in [5.41, 5.74) is 0.521. The third-order valence-electron chi connectivity index (χ3n) is 3.43. The van der Waals surface area contributed by atoms with Gasteiger partial charge in [-0.25, -0.2) is 0 Å². The summed E-state index contributed by atoms with van der Waals surface area (Å²) < 4.78 is 5.54. The topological polar surface area (TPSA) is 53.8 Å². The Morgan fingerprint density at radius 1 is 1.10 bits per heavy atom. The van der Waals surface area contributed by atoms with E-state index < -0.39 is 0 Å². The molecule has 5 nitrogen and oxygen atoms in total. The number of hydrogen-bond donors (Lipinski definition) is 0. The average molecular weight is 369 g/mol. The van der Waals surface area contributed by atoms with E-state index in [0.29, 0.717) is 36.4 Å². The van der Waals surface area contributed by atoms with Crippen LogP contribution in [-0.2, 0) is 0 Å². The molecule has 0 aliphatic carbocycles. The predicted molar refractivity (Wildman–Crippen MR) is 82.5 cm³/mol. The van der Waals surface area contributed by atoms with Gasteiger partial charge in [0.15, 0.2) is 4.67 Å². The average Bonchev–Trinajstić information content (AvgIpc) is 3.17. The highest BCUT2D eigenvalue weighted by atomic mass is 79.9. The first kappa shape index (κ1) is 14.3. The second kappa shape index (κ2) is 6.03. The zero-order valence-electron chi connectivity index (χ0n) is 11.1. The molecule has 1 aliphatic rings. The Bertz CT molecular complexity index is 645. The Hall–Kier alpha value is -1.60. The normalized spacial score (nSPS) is 15.3. The van der Waals surface area contributed by atoms with Crippen molar-refractivity contribution in [2.24, 2.45) is 0 Å². The summed E-state index contributed by atoms with van der Waals surface area (Å²) in [5.74, 6) is -0.0274. The molecule has 0 radical (unpaired) electrons. The molecule has 1 saturated heterocycles. The maximum Gasteiger partial charge on any atom is 0.264 e. The molecule has 110 valence electrons. The van der Waals surface area contributed by atoms with Crippen LogP contribution in [0.5, 0.6) is 0 Å². The van der Waals surface area contributed by atoms with Gasteiger partial charge in [0.1, 0.15) is 0 Å². The molecule has 21 heavy (non-hydrogen) atoms. The van der Waals surface area contributed by atoms with E-state index >= 15 is 0 Å². The van der Waals surface area contributed by atoms with Crippen LogP contribution in [0.3, 0.4) is 0 Å². The van der Waals surface area contributed by atoms with Crippen molar-refractivity contribution >= 4 is 39.1 Å². The van der Waals surface area contributed by atoms with Crippen molar-refractivity contribution in [3.05, 3.63) is 45.0 Å². The first-order chi connectivity index (χ1) is 10.2. The molecule has 3 rings (SSSR count). The number of hydrogen-bond acceptors (Lipinski definition) is 4. The molecule has 0 bridgehead atoms. The standard InChI is InChI=1S/C14H13BrN2O3S/c15-12-10(3-8-20-12)13(18)16-4-6-17(7-5-16)14(19)11-2-1-9-21-11/h1-3,8-9H,4-7H2. The van der Waals surface area contributed by atoms with Gasteiger partial charge in [-0.05, 0) is 33.4 Å². The number of rotatable bonds is 2. The lowest BCUT2D eigenvalue weighted by atomic mass is 10.2. The van der Waals surface area contributed by atoms with Gasteiger partial charge in [-0.1, -0.05) is 6.07 Å². The number of furan rings is 1. The first-order valence-electron chi connectivity index (χ1n) is 6.52. The molecule has 1 fully saturated rings. The molecular weight excluding hydrogens is 356 g/mol. The minimum absolute atomic E-state index is 0.0431. The lowest BCUT2D eigenvalue weighted by molar-refractivity contribution is 0.0537. The van der Waals surface area contributed by atoms with Crippen LogP contribution in [0.4, 0.5) is 0 Å². The van der Waals surface area contributed by atoms with Crippen LogP contribution in [0.2, 0.25) is 0 Å². The van der Waals surface area contributed by atoms with Gasteiger partial charge < -0.3 is 14.2 Å². The summed E-state index contributed by atoms with van der Waals surface area (Å²) in [4.78, 5) is 28.8. The van der Waals surface area contributed by atoms with Crippen LogP contribution in [0.25, 0.3) is 0 Å². The Kier molecular flexibility index (Phi) is 4.12. The molecular formula is C14H13BrN2O3S. The second-order valence-corrected chi connectivity index (χ2v) is 6.34. The van der Waals surface area contributed by atoms with E-state index in [-0.39, 0.29) is 11.8 Å². The minimum Gasteiger partial charge on any atom is -0.457 e. The van der Waals surface area contributed by atoms with E-state index in [0.717, 1.165) is 4.88 Å². The zero-order valence-corrected chi connectivity index (χ0v) is 13.5. The Labute approximate surface area is 134 Å². The van der Waals surface area contributed by atoms with Gasteiger partial charge in [0.2, 0.25) is 0 Å². The van der Waals surface area contributed by atoms with E-state index in [2.05, 4.69) is 15.9 Å². The Balaban J connectivity index is 1.62. The molecule has 0 spiro atoms. The van der Waals surface area contributed by atoms with Crippen molar-refractivity contribution in [2.45, 2.75) is 0 Å². The van der Waals surface area contributed by atoms with Gasteiger partial charge in [-0.2, -0.15) is 0 Å². The molecule has 3 heterocycles. The smallest absolute Gasteiger partial charge is 0.264 e. The molecule has 1 aliphatic heterocycles. The highest BCUT2D eigenvalue weighted by molar-refractivity contribution is 9.10. The minimum atomic E-state index is -0.0705. The SMILES string of the molecule is O=C(c1cccs1)N1CCN(C(=O)c2ccoc2Br)CC1. The van der Waals surface area contributed by atoms with Crippen LogP contribution in [0.1, 0.15) is 20.0 Å². The van der Waals surface area contributed by atoms with Gasteiger partial charge in [0, 0.05) is 26.2 Å². The van der Waals surface area contributed by atoms with Crippen molar-refractivity contribution in [2.75, 3.05) is 26.2 Å². The van der Waals surface area contributed by atoms with Crippen molar-refractivity contribution < 1.29 is 14.0 Å². The summed E-state index contributed by atoms with van der Waals surface area (Å²) in [6, 6.07) is 5.34. The molecule has 0 N–H and O–H groups in total. The van der Waals surface area contributed by atoms with Crippen LogP contribution in [0, 0.1) is 0 Å². The van der Waals surface area contributed by atoms with Crippen molar-refractivity contribution in [3.8, 4) is 0 Å². The van der Waals surface area contributed by atoms with Crippen molar-refractivity contribution in [1.29, 1.82) is 0 Å². The molecule has 2 amide bonds. The number of nitrogens with zero attached hydrogens (tertiary/aromatic N) is 2. The number of amides is 2. The third kappa shape index (κ3) is 2.89. The molecule has 0 saturated carbocycles. The van der Waals surface area contributed by atoms with Gasteiger partial charge >= 0.3 is 0 Å². The summed E-state index contributed by atoms with van der Waals surface area (Å²) >= 11 is 4.66. The van der Waals surface area contributed by atoms with Crippen LogP contribution in [0.15, 0.2) is 38.9 Å². The van der Waals surface area contributed by atoms with Gasteiger partial charge in [0.05, 0.1) is 16.7 Å². The third-order valence-corrected chi connectivity index (χ3v) is 4.91. The molecule has 2 aromatic heterocycles. The fourth-order valence-corrected chi connectivity index (χ4v) is 3.39. The highest BCUT2D eigenvalue weighted by Crippen LogP contribution is 2.20. The van der Waals surface area contributed by atoms with Crippen LogP contribution in [-0.4, -0.2) is 47.8 Å². The summed E-state index contributed by atoms with van der Waals surface area (Å²) in [6.07, 6.45) is 1.48. The maximum atomic E-state index is 12.3. The monoisotopic (exact) mass is 368 g/mol. The van der Waals surface area contributed by atoms with E-state index in [1.807, 2.05) is 17.5 Å². The van der Waals surface area contributed by atoms with Crippen molar-refractivity contribution in [3.63, 3.8) is 0 Å². The summed E-state index contributed by atoms with van der Waals surface area (Å²) in [5, 5.41) is 1.89. The van der Waals surface area contributed by atoms with E-state index in [4.69, 9.17) is 4.42 Å². The van der Waals surface area contributed by atoms with Gasteiger partial charge in [-0.3, -0.25) is 9.59 Å². The molecule has 0 atom stereocenters. The van der Waals surface area contributed by atoms with E-state index in [1.54, 1.807) is 15.9 Å². The summed E-state index contributed by atoms with van der Waals surface area (Å²) in [6.45, 7) is 2.18. The lowest BCUT2D eigenvalue weighted by Crippen LogP contribution is -2.50. The van der Waals surface area contributed by atoms with E-state index in [1.165, 1.54) is 17.6 Å². The zero-order chi connectivity index (χ0) is 14.8. The van der Waals surface area contributed by atoms with Crippen LogP contribution < -0.4 is 0 Å². The number of thiophene rings is 1. The molecule has 2 aromatic rings. The Morgan fingerprint density at radius 2 is 1.76 bits per heavy atom. The van der Waals surface area contributed by atoms with E-state index in [9.17, 15) is 9.59 Å². The maximum absolute atomic E-state index is 12.3. The summed E-state index contributed by atoms with van der Waals surface area (Å²) in [7, 11) is 0. The highest BCUT2D eigenvalue weighted by Gasteiger charge is 2.27. The first-order valence-corrected chi connectivity index (χ1v) is 8.19. The van der Waals surface area contributed by atoms with Crippen molar-refractivity contribution in [1.82, 2.24) is 9.80 Å². The molecule has 0 unspecified atom stereocenters. The Morgan fingerprint density at radius 3 is 2.29 bits per heavy atom. The second-order valence-electron chi connectivity index (χ2n) is 4.67. The number of halogens is 1. The fraction of sp³-hybridized carbons (Fsp3) is 0.286. The van der Waals surface area contributed by atoms with Gasteiger partial charge in [0.25, 0.3) is 11.8 Å². The fourth-order valence-electron chi connectivity index (χ4n) is 2.29. The quantitative estimate of drug-likeness (QED) is 0.818.